The summed E-state index contributed by atoms with van der Waals surface area (Å²) in [4.78, 5) is 10.9. The third-order valence-electron chi connectivity index (χ3n) is 2.01. The minimum atomic E-state index is -0.0162. The Balaban J connectivity index is 2.99. The summed E-state index contributed by atoms with van der Waals surface area (Å²) < 4.78 is 18.9. The lowest BCUT2D eigenvalue weighted by molar-refractivity contribution is -0.121. The maximum Gasteiger partial charge on any atom is 0.222 e. The predicted octanol–water partition coefficient (Wildman–Crippen LogP) is 0.554. The van der Waals surface area contributed by atoms with E-state index in [2.05, 4.69) is 16.6 Å². The molecule has 0 rings (SSSR count). The van der Waals surface area contributed by atoms with Gasteiger partial charge in [0.1, 0.15) is 0 Å². The lowest BCUT2D eigenvalue weighted by Crippen LogP contribution is -2.20. The van der Waals surface area contributed by atoms with Crippen molar-refractivity contribution in [2.75, 3.05) is 53.2 Å². The molecule has 6 nitrogen and oxygen atoms in total. The zero-order chi connectivity index (χ0) is 14.2. The van der Waals surface area contributed by atoms with Gasteiger partial charge < -0.3 is 19.5 Å². The van der Waals surface area contributed by atoms with Gasteiger partial charge in [-0.1, -0.05) is 18.5 Å². The molecule has 112 valence electrons. The molecule has 0 aliphatic rings. The Labute approximate surface area is 119 Å². The van der Waals surface area contributed by atoms with E-state index >= 15 is 0 Å². The summed E-state index contributed by atoms with van der Waals surface area (Å²) in [7, 11) is 1.61. The fourth-order valence-corrected chi connectivity index (χ4v) is 1.38. The van der Waals surface area contributed by atoms with Gasteiger partial charge in [-0.15, -0.1) is 0 Å². The molecule has 0 bridgehead atoms. The first kappa shape index (κ1) is 18.4. The van der Waals surface area contributed by atoms with Crippen molar-refractivity contribution in [1.29, 1.82) is 0 Å². The Kier molecular flexibility index (Phi) is 15.0. The fraction of sp³-hybridized carbons (Fsp3) is 0.750. The molecular weight excluding hydrogens is 268 g/mol. The molecule has 19 heavy (non-hydrogen) atoms. The Morgan fingerprint density at radius 2 is 1.68 bits per heavy atom. The summed E-state index contributed by atoms with van der Waals surface area (Å²) in [6.07, 6.45) is 0.384. The van der Waals surface area contributed by atoms with Gasteiger partial charge in [-0.05, 0) is 5.41 Å². The summed E-state index contributed by atoms with van der Waals surface area (Å²) in [5, 5.41) is 4.26. The second-order valence-corrected chi connectivity index (χ2v) is 4.30. The van der Waals surface area contributed by atoms with E-state index in [9.17, 15) is 4.79 Å². The van der Waals surface area contributed by atoms with Gasteiger partial charge in [0.15, 0.2) is 0 Å². The van der Waals surface area contributed by atoms with Crippen LogP contribution in [0, 0.1) is 0 Å². The Bertz CT molecular complexity index is 230. The summed E-state index contributed by atoms with van der Waals surface area (Å²) in [6, 6.07) is 0. The van der Waals surface area contributed by atoms with E-state index < -0.39 is 0 Å². The van der Waals surface area contributed by atoms with Gasteiger partial charge >= 0.3 is 0 Å². The third-order valence-corrected chi connectivity index (χ3v) is 2.55. The van der Waals surface area contributed by atoms with Gasteiger partial charge in [0.25, 0.3) is 0 Å². The number of hydrogen-bond acceptors (Lipinski definition) is 6. The second-order valence-electron chi connectivity index (χ2n) is 3.44. The number of carbonyl (C=O) groups excluding carboxylic acids is 1. The minimum Gasteiger partial charge on any atom is -0.379 e. The van der Waals surface area contributed by atoms with E-state index in [0.717, 1.165) is 6.54 Å². The van der Waals surface area contributed by atoms with Gasteiger partial charge in [-0.3, -0.25) is 9.52 Å². The first-order valence-electron chi connectivity index (χ1n) is 6.24. The molecule has 0 aromatic rings. The molecule has 0 aliphatic heterocycles. The van der Waals surface area contributed by atoms with Crippen LogP contribution in [0.15, 0.2) is 12.0 Å². The van der Waals surface area contributed by atoms with Crippen molar-refractivity contribution in [3.05, 3.63) is 12.0 Å². The van der Waals surface area contributed by atoms with Gasteiger partial charge in [-0.25, -0.2) is 0 Å². The zero-order valence-electron chi connectivity index (χ0n) is 11.5. The van der Waals surface area contributed by atoms with Crippen molar-refractivity contribution in [1.82, 2.24) is 10.0 Å². The maximum atomic E-state index is 10.9. The Hall–Kier alpha value is -0.600. The number of rotatable bonds is 14. The van der Waals surface area contributed by atoms with Crippen molar-refractivity contribution in [2.24, 2.45) is 0 Å². The molecule has 0 radical (unpaired) electrons. The van der Waals surface area contributed by atoms with Gasteiger partial charge in [-0.2, -0.15) is 0 Å². The van der Waals surface area contributed by atoms with Crippen LogP contribution in [0.1, 0.15) is 6.42 Å². The average molecular weight is 292 g/mol. The van der Waals surface area contributed by atoms with Crippen LogP contribution in [0.4, 0.5) is 0 Å². The van der Waals surface area contributed by atoms with E-state index in [1.165, 1.54) is 11.9 Å². The highest BCUT2D eigenvalue weighted by atomic mass is 32.2. The fourth-order valence-electron chi connectivity index (χ4n) is 1.06. The van der Waals surface area contributed by atoms with Crippen LogP contribution in [0.5, 0.6) is 0 Å². The number of nitrogens with one attached hydrogen (secondary N) is 2. The monoisotopic (exact) mass is 292 g/mol. The number of amides is 1. The third kappa shape index (κ3) is 15.3. The van der Waals surface area contributed by atoms with Crippen LogP contribution >= 0.6 is 11.9 Å². The first-order valence-corrected chi connectivity index (χ1v) is 7.12. The molecule has 0 saturated carbocycles. The predicted molar refractivity (Wildman–Crippen MR) is 76.9 cm³/mol. The second kappa shape index (κ2) is 15.5. The summed E-state index contributed by atoms with van der Waals surface area (Å²) in [6.45, 7) is 7.54. The number of hydrogen-bond donors (Lipinski definition) is 2. The Morgan fingerprint density at radius 1 is 1.11 bits per heavy atom. The quantitative estimate of drug-likeness (QED) is 0.360. The summed E-state index contributed by atoms with van der Waals surface area (Å²) in [5.41, 5.74) is 0. The van der Waals surface area contributed by atoms with E-state index in [1.54, 1.807) is 12.5 Å². The zero-order valence-corrected chi connectivity index (χ0v) is 12.3. The minimum absolute atomic E-state index is 0.0162. The maximum absolute atomic E-state index is 10.9. The molecule has 0 aliphatic carbocycles. The highest BCUT2D eigenvalue weighted by Gasteiger charge is 1.97. The van der Waals surface area contributed by atoms with Gasteiger partial charge in [0.2, 0.25) is 5.91 Å². The Morgan fingerprint density at radius 3 is 2.26 bits per heavy atom. The van der Waals surface area contributed by atoms with Crippen molar-refractivity contribution in [3.8, 4) is 0 Å². The van der Waals surface area contributed by atoms with Gasteiger partial charge in [0, 0.05) is 20.0 Å². The summed E-state index contributed by atoms with van der Waals surface area (Å²) >= 11 is 1.45. The molecule has 0 fully saturated rings. The molecule has 0 atom stereocenters. The first-order chi connectivity index (χ1) is 9.31. The van der Waals surface area contributed by atoms with Crippen molar-refractivity contribution in [3.63, 3.8) is 0 Å². The number of carbonyl (C=O) groups is 1. The van der Waals surface area contributed by atoms with Crippen molar-refractivity contribution < 1.29 is 19.0 Å². The van der Waals surface area contributed by atoms with E-state index in [0.29, 0.717) is 46.1 Å². The van der Waals surface area contributed by atoms with E-state index in [-0.39, 0.29) is 5.91 Å². The summed E-state index contributed by atoms with van der Waals surface area (Å²) in [5.74, 6) is -0.0162. The highest BCUT2D eigenvalue weighted by molar-refractivity contribution is 8.00. The lowest BCUT2D eigenvalue weighted by atomic mass is 10.4. The van der Waals surface area contributed by atoms with Crippen LogP contribution < -0.4 is 10.0 Å². The topological polar surface area (TPSA) is 68.8 Å². The number of ether oxygens (including phenoxy) is 3. The molecule has 0 aromatic carbocycles. The lowest BCUT2D eigenvalue weighted by Gasteiger charge is -2.06. The molecule has 2 N–H and O–H groups in total. The normalized spacial score (nSPS) is 10.4. The molecule has 7 heteroatoms. The van der Waals surface area contributed by atoms with Crippen LogP contribution in [-0.4, -0.2) is 59.1 Å². The van der Waals surface area contributed by atoms with E-state index in [1.807, 2.05) is 0 Å². The van der Waals surface area contributed by atoms with Crippen LogP contribution in [-0.2, 0) is 19.0 Å². The van der Waals surface area contributed by atoms with Crippen LogP contribution in [0.3, 0.4) is 0 Å². The molecule has 0 heterocycles. The van der Waals surface area contributed by atoms with Gasteiger partial charge in [0.05, 0.1) is 39.6 Å². The van der Waals surface area contributed by atoms with E-state index in [4.69, 9.17) is 14.2 Å². The standard InChI is InChI=1S/C12H24N2O4S/c1-3-19-14-5-7-17-9-11-18-10-8-16-6-4-12(15)13-2/h3,14H,1,4-11H2,2H3,(H,13,15). The van der Waals surface area contributed by atoms with Crippen LogP contribution in [0.2, 0.25) is 0 Å². The van der Waals surface area contributed by atoms with Crippen molar-refractivity contribution in [2.45, 2.75) is 6.42 Å². The smallest absolute Gasteiger partial charge is 0.222 e. The largest absolute Gasteiger partial charge is 0.379 e. The molecule has 0 saturated heterocycles. The molecular formula is C12H24N2O4S. The molecule has 0 aromatic heterocycles. The highest BCUT2D eigenvalue weighted by Crippen LogP contribution is 1.90. The molecule has 0 spiro atoms. The average Bonchev–Trinajstić information content (AvgIpc) is 2.43. The SMILES string of the molecule is C=CSNCCOCCOCCOCCC(=O)NC. The van der Waals surface area contributed by atoms with Crippen LogP contribution in [0.25, 0.3) is 0 Å². The molecule has 0 unspecified atom stereocenters. The van der Waals surface area contributed by atoms with Crippen molar-refractivity contribution >= 4 is 17.9 Å². The molecule has 1 amide bonds.